The van der Waals surface area contributed by atoms with E-state index < -0.39 is 0 Å². The van der Waals surface area contributed by atoms with Crippen LogP contribution in [0.1, 0.15) is 0 Å². The molecule has 0 amide bonds. The van der Waals surface area contributed by atoms with Crippen molar-refractivity contribution < 1.29 is 4.42 Å². The van der Waals surface area contributed by atoms with Crippen LogP contribution in [-0.4, -0.2) is 23.9 Å². The fourth-order valence-corrected chi connectivity index (χ4v) is 8.41. The topological polar surface area (TPSA) is 61.1 Å². The monoisotopic (exact) mass is 651 g/mol. The van der Waals surface area contributed by atoms with Crippen molar-refractivity contribution in [2.45, 2.75) is 0 Å². The number of hydrogen-bond acceptors (Lipinski definition) is 4. The van der Waals surface area contributed by atoms with Crippen LogP contribution in [0.5, 0.6) is 0 Å². The number of rotatable bonds is 3. The van der Waals surface area contributed by atoms with Crippen LogP contribution in [0.15, 0.2) is 156 Å². The van der Waals surface area contributed by atoms with Gasteiger partial charge in [-0.05, 0) is 36.4 Å². The second-order valence-corrected chi connectivity index (χ2v) is 13.2. The molecule has 236 valence electrons. The number of para-hydroxylation sites is 4. The summed E-state index contributed by atoms with van der Waals surface area (Å²) in [6.07, 6.45) is 0. The molecule has 5 heterocycles. The molecule has 5 aromatic heterocycles. The van der Waals surface area contributed by atoms with E-state index in [2.05, 4.69) is 124 Å². The Hall–Kier alpha value is -7.05. The van der Waals surface area contributed by atoms with Gasteiger partial charge in [-0.2, -0.15) is 9.97 Å². The van der Waals surface area contributed by atoms with E-state index in [1.807, 2.05) is 36.4 Å². The Morgan fingerprint density at radius 2 is 1.02 bits per heavy atom. The number of nitrogens with zero attached hydrogens (tertiary/aromatic N) is 5. The van der Waals surface area contributed by atoms with Gasteiger partial charge in [0.05, 0.1) is 33.0 Å². The maximum Gasteiger partial charge on any atom is 0.238 e. The standard InChI is InChI=1S/C45H25N5O/c1-2-13-26(14-3-1)43-46-44(48-45(47-43)50-35-21-9-4-15-27(35)28-16-5-10-22-36(28)50)31-19-12-24-38-39(31)33-25-32-29-17-6-8-20-34(29)49-37-23-11-7-18-30(37)40(41(32)49)42(33)51-38/h1-25H. The number of hydrogen-bond donors (Lipinski definition) is 0. The molecule has 0 fully saturated rings. The van der Waals surface area contributed by atoms with Gasteiger partial charge in [-0.3, -0.25) is 4.57 Å². The van der Waals surface area contributed by atoms with Crippen LogP contribution in [-0.2, 0) is 0 Å². The van der Waals surface area contributed by atoms with Crippen LogP contribution in [0, 0.1) is 0 Å². The lowest BCUT2D eigenvalue weighted by Crippen LogP contribution is -2.06. The predicted molar refractivity (Wildman–Crippen MR) is 207 cm³/mol. The highest BCUT2D eigenvalue weighted by Gasteiger charge is 2.25. The smallest absolute Gasteiger partial charge is 0.238 e. The van der Waals surface area contributed by atoms with Crippen molar-refractivity contribution >= 4 is 81.8 Å². The highest BCUT2D eigenvalue weighted by atomic mass is 16.3. The van der Waals surface area contributed by atoms with Gasteiger partial charge in [0.15, 0.2) is 11.6 Å². The molecule has 51 heavy (non-hydrogen) atoms. The van der Waals surface area contributed by atoms with E-state index in [1.54, 1.807) is 0 Å². The molecule has 6 nitrogen and oxygen atoms in total. The van der Waals surface area contributed by atoms with Crippen molar-refractivity contribution in [3.63, 3.8) is 0 Å². The van der Waals surface area contributed by atoms with Crippen LogP contribution in [0.4, 0.5) is 0 Å². The van der Waals surface area contributed by atoms with Crippen molar-refractivity contribution in [1.29, 1.82) is 0 Å². The lowest BCUT2D eigenvalue weighted by Gasteiger charge is -2.11. The zero-order valence-corrected chi connectivity index (χ0v) is 27.1. The van der Waals surface area contributed by atoms with Crippen LogP contribution in [0.3, 0.4) is 0 Å². The summed E-state index contributed by atoms with van der Waals surface area (Å²) in [5.74, 6) is 1.77. The molecule has 0 N–H and O–H groups in total. The van der Waals surface area contributed by atoms with E-state index in [4.69, 9.17) is 19.4 Å². The van der Waals surface area contributed by atoms with Gasteiger partial charge < -0.3 is 8.82 Å². The van der Waals surface area contributed by atoms with E-state index in [0.717, 1.165) is 60.3 Å². The Bertz CT molecular complexity index is 3320. The minimum atomic E-state index is 0.569. The number of benzene rings is 7. The first-order chi connectivity index (χ1) is 25.3. The van der Waals surface area contributed by atoms with Crippen molar-refractivity contribution in [3.8, 4) is 28.7 Å². The molecule has 0 aliphatic rings. The zero-order valence-electron chi connectivity index (χ0n) is 27.1. The van der Waals surface area contributed by atoms with E-state index in [9.17, 15) is 0 Å². The molecule has 0 unspecified atom stereocenters. The SMILES string of the molecule is c1ccc(-c2nc(-c3cccc4oc5c(cc6c7ccccc7n7c8ccccc8c5c67)c34)nc(-n3c4ccccc4c4ccccc43)n2)cc1. The molecule has 0 aliphatic heterocycles. The molecule has 12 rings (SSSR count). The Kier molecular flexibility index (Phi) is 5.14. The third-order valence-electron chi connectivity index (χ3n) is 10.5. The molecule has 6 heteroatoms. The molecule has 7 aromatic carbocycles. The largest absolute Gasteiger partial charge is 0.455 e. The predicted octanol–water partition coefficient (Wildman–Crippen LogP) is 11.4. The summed E-state index contributed by atoms with van der Waals surface area (Å²) in [7, 11) is 0. The van der Waals surface area contributed by atoms with E-state index in [0.29, 0.717) is 17.6 Å². The molecule has 0 saturated carbocycles. The van der Waals surface area contributed by atoms with Crippen molar-refractivity contribution in [2.24, 2.45) is 0 Å². The zero-order chi connectivity index (χ0) is 33.2. The Balaban J connectivity index is 1.22. The summed E-state index contributed by atoms with van der Waals surface area (Å²) in [6, 6.07) is 52.8. The Morgan fingerprint density at radius 3 is 1.75 bits per heavy atom. The molecule has 12 aromatic rings. The first-order valence-corrected chi connectivity index (χ1v) is 17.1. The Labute approximate surface area is 289 Å². The summed E-state index contributed by atoms with van der Waals surface area (Å²) < 4.78 is 11.4. The summed E-state index contributed by atoms with van der Waals surface area (Å²) in [4.78, 5) is 15.6. The molecule has 0 radical (unpaired) electrons. The second-order valence-electron chi connectivity index (χ2n) is 13.2. The maximum absolute atomic E-state index is 6.87. The summed E-state index contributed by atoms with van der Waals surface area (Å²) in [5.41, 5.74) is 9.13. The summed E-state index contributed by atoms with van der Waals surface area (Å²) >= 11 is 0. The molecule has 0 aliphatic carbocycles. The summed E-state index contributed by atoms with van der Waals surface area (Å²) in [6.45, 7) is 0. The average Bonchev–Trinajstić information content (AvgIpc) is 3.93. The van der Waals surface area contributed by atoms with Crippen LogP contribution in [0.25, 0.3) is 111 Å². The second kappa shape index (κ2) is 9.77. The van der Waals surface area contributed by atoms with Crippen molar-refractivity contribution in [3.05, 3.63) is 152 Å². The van der Waals surface area contributed by atoms with E-state index >= 15 is 0 Å². The number of furan rings is 1. The lowest BCUT2D eigenvalue weighted by molar-refractivity contribution is 0.673. The van der Waals surface area contributed by atoms with Crippen LogP contribution >= 0.6 is 0 Å². The molecule has 0 saturated heterocycles. The highest BCUT2D eigenvalue weighted by Crippen LogP contribution is 2.47. The third kappa shape index (κ3) is 3.52. The minimum absolute atomic E-state index is 0.569. The number of fused-ring (bicyclic) bond motifs is 13. The first-order valence-electron chi connectivity index (χ1n) is 17.1. The fraction of sp³-hybridized carbons (Fsp3) is 0. The van der Waals surface area contributed by atoms with Gasteiger partial charge in [-0.25, -0.2) is 4.98 Å². The molecule has 0 bridgehead atoms. The van der Waals surface area contributed by atoms with Crippen molar-refractivity contribution in [1.82, 2.24) is 23.9 Å². The van der Waals surface area contributed by atoms with Crippen molar-refractivity contribution in [2.75, 3.05) is 0 Å². The van der Waals surface area contributed by atoms with Gasteiger partial charge >= 0.3 is 0 Å². The fourth-order valence-electron chi connectivity index (χ4n) is 8.41. The quantitative estimate of drug-likeness (QED) is 0.191. The number of aromatic nitrogens is 5. The Morgan fingerprint density at radius 1 is 0.431 bits per heavy atom. The molecule has 0 atom stereocenters. The molecular formula is C45H25N5O. The minimum Gasteiger partial charge on any atom is -0.455 e. The maximum atomic E-state index is 6.87. The van der Waals surface area contributed by atoms with Gasteiger partial charge in [0.25, 0.3) is 0 Å². The third-order valence-corrected chi connectivity index (χ3v) is 10.5. The van der Waals surface area contributed by atoms with Gasteiger partial charge in [-0.15, -0.1) is 0 Å². The van der Waals surface area contributed by atoms with Gasteiger partial charge in [-0.1, -0.05) is 115 Å². The van der Waals surface area contributed by atoms with E-state index in [-0.39, 0.29) is 0 Å². The lowest BCUT2D eigenvalue weighted by atomic mass is 10.0. The summed E-state index contributed by atoms with van der Waals surface area (Å²) in [5, 5.41) is 9.07. The molecule has 0 spiro atoms. The van der Waals surface area contributed by atoms with Crippen LogP contribution in [0.2, 0.25) is 0 Å². The van der Waals surface area contributed by atoms with Gasteiger partial charge in [0.2, 0.25) is 5.95 Å². The first kappa shape index (κ1) is 26.9. The highest BCUT2D eigenvalue weighted by molar-refractivity contribution is 6.33. The van der Waals surface area contributed by atoms with Gasteiger partial charge in [0.1, 0.15) is 11.2 Å². The van der Waals surface area contributed by atoms with E-state index in [1.165, 1.54) is 32.7 Å². The normalized spacial score (nSPS) is 12.3. The van der Waals surface area contributed by atoms with Gasteiger partial charge in [0, 0.05) is 48.8 Å². The average molecular weight is 652 g/mol. The van der Waals surface area contributed by atoms with Crippen LogP contribution < -0.4 is 0 Å². The molecular weight excluding hydrogens is 627 g/mol.